The van der Waals surface area contributed by atoms with Gasteiger partial charge in [-0.1, -0.05) is 204 Å². The van der Waals surface area contributed by atoms with E-state index >= 15 is 0 Å². The zero-order valence-corrected chi connectivity index (χ0v) is 52.8. The smallest absolute Gasteiger partial charge is 0.252 e. The maximum absolute atomic E-state index is 2.62. The molecule has 2 aliphatic heterocycles. The average Bonchev–Trinajstić information content (AvgIpc) is 0.850. The van der Waals surface area contributed by atoms with Gasteiger partial charge in [0.25, 0.3) is 6.71 Å². The van der Waals surface area contributed by atoms with Gasteiger partial charge in [0.15, 0.2) is 0 Å². The summed E-state index contributed by atoms with van der Waals surface area (Å²) >= 11 is 0. The van der Waals surface area contributed by atoms with E-state index in [1.165, 1.54) is 115 Å². The van der Waals surface area contributed by atoms with Gasteiger partial charge in [-0.15, -0.1) is 0 Å². The van der Waals surface area contributed by atoms with Gasteiger partial charge in [-0.3, -0.25) is 0 Å². The molecule has 14 aromatic rings. The van der Waals surface area contributed by atoms with Gasteiger partial charge in [-0.2, -0.15) is 0 Å². The number of nitrogens with zero attached hydrogens (tertiary/aromatic N) is 5. The molecule has 16 rings (SSSR count). The molecule has 6 heteroatoms. The molecule has 2 aliphatic rings. The molecule has 430 valence electrons. The second-order valence-corrected chi connectivity index (χ2v) is 29.1. The van der Waals surface area contributed by atoms with Crippen LogP contribution < -0.4 is 26.2 Å². The Kier molecular flexibility index (Phi) is 11.6. The lowest BCUT2D eigenvalue weighted by Crippen LogP contribution is -2.61. The molecule has 0 aliphatic carbocycles. The van der Waals surface area contributed by atoms with Gasteiger partial charge >= 0.3 is 0 Å². The number of para-hydroxylation sites is 8. The first-order valence-electron chi connectivity index (χ1n) is 31.5. The number of hydrogen-bond donors (Lipinski definition) is 0. The van der Waals surface area contributed by atoms with E-state index in [1.807, 2.05) is 0 Å². The normalized spacial score (nSPS) is 13.6. The van der Waals surface area contributed by atoms with E-state index in [0.29, 0.717) is 0 Å². The van der Waals surface area contributed by atoms with E-state index in [2.05, 4.69) is 337 Å². The Labute approximate surface area is 517 Å². The largest absolute Gasteiger partial charge is 0.309 e. The van der Waals surface area contributed by atoms with Crippen LogP contribution in [-0.2, 0) is 21.7 Å². The van der Waals surface area contributed by atoms with E-state index in [9.17, 15) is 0 Å². The molecule has 0 amide bonds. The molecule has 5 heterocycles. The Hall–Kier alpha value is -9.52. The minimum atomic E-state index is -0.0869. The highest BCUT2D eigenvalue weighted by molar-refractivity contribution is 7.00. The number of aromatic nitrogens is 3. The lowest BCUT2D eigenvalue weighted by atomic mass is 9.33. The van der Waals surface area contributed by atoms with Crippen molar-refractivity contribution in [3.8, 4) is 17.1 Å². The summed E-state index contributed by atoms with van der Waals surface area (Å²) in [6, 6.07) is 88.5. The molecule has 11 aromatic carbocycles. The topological polar surface area (TPSA) is 21.3 Å². The average molecular weight is 1140 g/mol. The van der Waals surface area contributed by atoms with Crippen molar-refractivity contribution in [1.29, 1.82) is 0 Å². The van der Waals surface area contributed by atoms with Crippen LogP contribution in [0.1, 0.15) is 105 Å². The second-order valence-electron chi connectivity index (χ2n) is 29.1. The monoisotopic (exact) mass is 1140 g/mol. The summed E-state index contributed by atoms with van der Waals surface area (Å²) in [5.74, 6) is 0. The zero-order valence-electron chi connectivity index (χ0n) is 52.8. The number of benzene rings is 11. The van der Waals surface area contributed by atoms with E-state index in [0.717, 1.165) is 39.8 Å². The van der Waals surface area contributed by atoms with Gasteiger partial charge in [0.2, 0.25) is 0 Å². The van der Waals surface area contributed by atoms with Crippen LogP contribution in [0.2, 0.25) is 0 Å². The Balaban J connectivity index is 1.02. The third kappa shape index (κ3) is 8.06. The van der Waals surface area contributed by atoms with Crippen LogP contribution in [0.4, 0.5) is 34.1 Å². The van der Waals surface area contributed by atoms with Crippen LogP contribution >= 0.6 is 0 Å². The highest BCUT2D eigenvalue weighted by Gasteiger charge is 2.45. The number of fused-ring (bicyclic) bond motifs is 13. The second kappa shape index (κ2) is 19.0. The van der Waals surface area contributed by atoms with Gasteiger partial charge < -0.3 is 23.5 Å². The summed E-state index contributed by atoms with van der Waals surface area (Å²) in [6.07, 6.45) is 0. The summed E-state index contributed by atoms with van der Waals surface area (Å²) in [4.78, 5) is 5.24. The van der Waals surface area contributed by atoms with Crippen molar-refractivity contribution < 1.29 is 0 Å². The maximum atomic E-state index is 2.62. The molecule has 0 bridgehead atoms. The lowest BCUT2D eigenvalue weighted by molar-refractivity contribution is 0.590. The predicted molar refractivity (Wildman–Crippen MR) is 378 cm³/mol. The first-order chi connectivity index (χ1) is 42.2. The summed E-state index contributed by atoms with van der Waals surface area (Å²) in [5.41, 5.74) is 26.3. The maximum Gasteiger partial charge on any atom is 0.252 e. The molecular formula is C82H74BN5. The number of hydrogen-bond acceptors (Lipinski definition) is 2. The van der Waals surface area contributed by atoms with Crippen LogP contribution in [0.15, 0.2) is 231 Å². The van der Waals surface area contributed by atoms with Crippen molar-refractivity contribution in [1.82, 2.24) is 13.7 Å². The fraction of sp³-hybridized carbons (Fsp3) is 0.195. The molecule has 0 unspecified atom stereocenters. The predicted octanol–water partition coefficient (Wildman–Crippen LogP) is 20.3. The third-order valence-electron chi connectivity index (χ3n) is 19.4. The minimum Gasteiger partial charge on any atom is -0.309 e. The Morgan fingerprint density at radius 1 is 0.239 bits per heavy atom. The van der Waals surface area contributed by atoms with E-state index in [4.69, 9.17) is 0 Å². The lowest BCUT2D eigenvalue weighted by Gasteiger charge is -2.45. The van der Waals surface area contributed by atoms with Crippen molar-refractivity contribution >= 4 is 123 Å². The molecule has 0 saturated heterocycles. The highest BCUT2D eigenvalue weighted by Crippen LogP contribution is 2.51. The molecule has 88 heavy (non-hydrogen) atoms. The van der Waals surface area contributed by atoms with E-state index in [-0.39, 0.29) is 28.4 Å². The van der Waals surface area contributed by atoms with Crippen LogP contribution in [0, 0.1) is 0 Å². The Morgan fingerprint density at radius 3 is 0.864 bits per heavy atom. The molecular weight excluding hydrogens is 1070 g/mol. The Bertz CT molecular complexity index is 4770. The van der Waals surface area contributed by atoms with Gasteiger partial charge in [0.1, 0.15) is 0 Å². The van der Waals surface area contributed by atoms with Crippen molar-refractivity contribution in [2.75, 3.05) is 9.80 Å². The molecule has 5 nitrogen and oxygen atoms in total. The number of rotatable bonds is 5. The molecule has 0 spiro atoms. The standard InChI is InChI=1S/C82H74BN5/c1-79(2,3)51-37-41-66-58(45-51)59-46-52(80(4,5)6)38-42-67(59)85(66)72-33-21-23-35-74(72)87-70-31-19-15-27-62(70)83-63-28-16-20-32-71(63)88(77-50-55(49-76(87)78(77)83)84-64-29-17-13-25-56(64)57-26-14-18-30-65(57)84)75-36-24-22-34-73(75)86-68-43-39-53(81(7,8)9)47-60(68)61-48-54(82(10,11)12)40-44-69(61)86/h13-50H,1-12H3. The third-order valence-corrected chi connectivity index (χ3v) is 19.4. The van der Waals surface area contributed by atoms with Gasteiger partial charge in [0.05, 0.1) is 61.5 Å². The molecule has 0 atom stereocenters. The molecule has 0 fully saturated rings. The summed E-state index contributed by atoms with van der Waals surface area (Å²) < 4.78 is 7.62. The van der Waals surface area contributed by atoms with Gasteiger partial charge in [-0.05, 0) is 169 Å². The van der Waals surface area contributed by atoms with Crippen molar-refractivity contribution in [3.63, 3.8) is 0 Å². The summed E-state index contributed by atoms with van der Waals surface area (Å²) in [7, 11) is 0. The SMILES string of the molecule is CC(C)(C)c1ccc2c(c1)c1cc(C(C)(C)C)ccc1n2-c1ccccc1N1c2ccccc2B2c3ccccc3N(c3ccccc3-n3c4ccc(C(C)(C)C)cc4c4cc(C(C)(C)C)ccc43)c3cc(-n4c5ccccc5c5ccccc54)cc1c32. The quantitative estimate of drug-likeness (QED) is 0.160. The zero-order chi connectivity index (χ0) is 60.5. The first kappa shape index (κ1) is 53.9. The molecule has 0 radical (unpaired) electrons. The number of anilines is 6. The van der Waals surface area contributed by atoms with Gasteiger partial charge in [0, 0.05) is 55.1 Å². The minimum absolute atomic E-state index is 0.0283. The summed E-state index contributed by atoms with van der Waals surface area (Å²) in [5, 5.41) is 7.54. The van der Waals surface area contributed by atoms with E-state index in [1.54, 1.807) is 0 Å². The van der Waals surface area contributed by atoms with Crippen molar-refractivity contribution in [3.05, 3.63) is 253 Å². The molecule has 0 saturated carbocycles. The highest BCUT2D eigenvalue weighted by atomic mass is 15.2. The molecule has 0 N–H and O–H groups in total. The molecule has 3 aromatic heterocycles. The fourth-order valence-corrected chi connectivity index (χ4v) is 14.8. The van der Waals surface area contributed by atoms with Crippen LogP contribution in [0.25, 0.3) is 82.5 Å². The van der Waals surface area contributed by atoms with Crippen LogP contribution in [0.5, 0.6) is 0 Å². The summed E-state index contributed by atoms with van der Waals surface area (Å²) in [6.45, 7) is 27.8. The van der Waals surface area contributed by atoms with E-state index < -0.39 is 0 Å². The fourth-order valence-electron chi connectivity index (χ4n) is 14.8. The van der Waals surface area contributed by atoms with Crippen LogP contribution in [0.3, 0.4) is 0 Å². The Morgan fingerprint density at radius 2 is 0.523 bits per heavy atom. The van der Waals surface area contributed by atoms with Crippen molar-refractivity contribution in [2.24, 2.45) is 0 Å². The first-order valence-corrected chi connectivity index (χ1v) is 31.5. The van der Waals surface area contributed by atoms with Crippen molar-refractivity contribution in [2.45, 2.75) is 105 Å². The van der Waals surface area contributed by atoms with Crippen LogP contribution in [-0.4, -0.2) is 20.4 Å². The van der Waals surface area contributed by atoms with Gasteiger partial charge in [-0.25, -0.2) is 0 Å².